The van der Waals surface area contributed by atoms with Crippen LogP contribution < -0.4 is 0 Å². The molecule has 0 atom stereocenters. The minimum Gasteiger partial charge on any atom is -0.505 e. The van der Waals surface area contributed by atoms with E-state index >= 15 is 0 Å². The average Bonchev–Trinajstić information content (AvgIpc) is 3.40. The third-order valence-electron chi connectivity index (χ3n) is 5.40. The summed E-state index contributed by atoms with van der Waals surface area (Å²) in [6, 6.07) is 13.5. The molecule has 2 aromatic carbocycles. The number of aromatic carboxylic acids is 1. The van der Waals surface area contributed by atoms with E-state index in [2.05, 4.69) is 0 Å². The van der Waals surface area contributed by atoms with Gasteiger partial charge >= 0.3 is 5.97 Å². The largest absolute Gasteiger partial charge is 0.505 e. The van der Waals surface area contributed by atoms with E-state index in [9.17, 15) is 15.0 Å². The van der Waals surface area contributed by atoms with Crippen LogP contribution in [-0.4, -0.2) is 21.2 Å². The molecule has 1 saturated carbocycles. The highest BCUT2D eigenvalue weighted by Crippen LogP contribution is 2.56. The number of aryl methyl sites for hydroxylation is 2. The van der Waals surface area contributed by atoms with Gasteiger partial charge in [0.1, 0.15) is 5.56 Å². The van der Waals surface area contributed by atoms with E-state index in [0.29, 0.717) is 16.6 Å². The summed E-state index contributed by atoms with van der Waals surface area (Å²) in [5.41, 5.74) is 3.77. The molecular formula is C21H19NO3. The van der Waals surface area contributed by atoms with Crippen molar-refractivity contribution in [3.8, 4) is 5.75 Å². The standard InChI is InChI=1S/C21H19NO3/c1-12-8-9-15-16(20(24)25)18(23)19(22-17(15)13(12)2)21(10-11-21)14-6-4-3-5-7-14/h3-9,23H,10-11H2,1-2H3,(H,24,25). The van der Waals surface area contributed by atoms with Crippen LogP contribution in [-0.2, 0) is 5.41 Å². The van der Waals surface area contributed by atoms with E-state index in [1.54, 1.807) is 6.07 Å². The summed E-state index contributed by atoms with van der Waals surface area (Å²) in [4.78, 5) is 16.7. The van der Waals surface area contributed by atoms with E-state index in [-0.39, 0.29) is 16.7 Å². The van der Waals surface area contributed by atoms with Crippen molar-refractivity contribution in [2.75, 3.05) is 0 Å². The topological polar surface area (TPSA) is 70.4 Å². The molecule has 1 aliphatic rings. The number of carbonyl (C=O) groups is 1. The van der Waals surface area contributed by atoms with Crippen molar-refractivity contribution in [1.29, 1.82) is 0 Å². The first-order chi connectivity index (χ1) is 12.0. The van der Waals surface area contributed by atoms with E-state index in [4.69, 9.17) is 4.98 Å². The Kier molecular flexibility index (Phi) is 3.32. The molecular weight excluding hydrogens is 314 g/mol. The summed E-state index contributed by atoms with van der Waals surface area (Å²) < 4.78 is 0. The second-order valence-electron chi connectivity index (χ2n) is 6.84. The molecule has 0 saturated heterocycles. The summed E-state index contributed by atoms with van der Waals surface area (Å²) in [6.07, 6.45) is 1.71. The van der Waals surface area contributed by atoms with Crippen molar-refractivity contribution in [3.05, 3.63) is 70.4 Å². The molecule has 3 aromatic rings. The van der Waals surface area contributed by atoms with Crippen LogP contribution in [0.2, 0.25) is 0 Å². The van der Waals surface area contributed by atoms with E-state index in [0.717, 1.165) is 29.5 Å². The number of aromatic hydroxyl groups is 1. The van der Waals surface area contributed by atoms with Gasteiger partial charge in [-0.15, -0.1) is 0 Å². The van der Waals surface area contributed by atoms with Crippen LogP contribution in [0.25, 0.3) is 10.9 Å². The number of benzene rings is 2. The summed E-state index contributed by atoms with van der Waals surface area (Å²) >= 11 is 0. The summed E-state index contributed by atoms with van der Waals surface area (Å²) in [5, 5.41) is 21.0. The van der Waals surface area contributed by atoms with Gasteiger partial charge in [0.05, 0.1) is 11.2 Å². The number of fused-ring (bicyclic) bond motifs is 1. The molecule has 4 heteroatoms. The van der Waals surface area contributed by atoms with Crippen molar-refractivity contribution in [1.82, 2.24) is 4.98 Å². The van der Waals surface area contributed by atoms with E-state index in [1.165, 1.54) is 0 Å². The Morgan fingerprint density at radius 2 is 1.76 bits per heavy atom. The molecule has 4 nitrogen and oxygen atoms in total. The zero-order chi connectivity index (χ0) is 17.8. The molecule has 0 unspecified atom stereocenters. The summed E-state index contributed by atoms with van der Waals surface area (Å²) in [7, 11) is 0. The van der Waals surface area contributed by atoms with Crippen LogP contribution in [0.5, 0.6) is 5.75 Å². The molecule has 0 aliphatic heterocycles. The minimum atomic E-state index is -1.13. The molecule has 1 heterocycles. The third kappa shape index (κ3) is 2.21. The maximum absolute atomic E-state index is 11.9. The summed E-state index contributed by atoms with van der Waals surface area (Å²) in [6.45, 7) is 3.92. The molecule has 0 bridgehead atoms. The van der Waals surface area contributed by atoms with Crippen LogP contribution >= 0.6 is 0 Å². The Hall–Kier alpha value is -2.88. The van der Waals surface area contributed by atoms with Gasteiger partial charge in [0.25, 0.3) is 0 Å². The fourth-order valence-electron chi connectivity index (χ4n) is 3.65. The van der Waals surface area contributed by atoms with Crippen molar-refractivity contribution < 1.29 is 15.0 Å². The van der Waals surface area contributed by atoms with Gasteiger partial charge < -0.3 is 10.2 Å². The maximum atomic E-state index is 11.9. The number of pyridine rings is 1. The first-order valence-electron chi connectivity index (χ1n) is 8.38. The number of carboxylic acids is 1. The predicted molar refractivity (Wildman–Crippen MR) is 96.3 cm³/mol. The fourth-order valence-corrected chi connectivity index (χ4v) is 3.65. The maximum Gasteiger partial charge on any atom is 0.340 e. The van der Waals surface area contributed by atoms with Gasteiger partial charge in [-0.05, 0) is 43.4 Å². The lowest BCUT2D eigenvalue weighted by Gasteiger charge is -2.20. The van der Waals surface area contributed by atoms with Gasteiger partial charge in [-0.1, -0.05) is 42.5 Å². The quantitative estimate of drug-likeness (QED) is 0.748. The Labute approximate surface area is 145 Å². The van der Waals surface area contributed by atoms with E-state index in [1.807, 2.05) is 50.2 Å². The summed E-state index contributed by atoms with van der Waals surface area (Å²) in [5.74, 6) is -1.33. The zero-order valence-electron chi connectivity index (χ0n) is 14.2. The van der Waals surface area contributed by atoms with Gasteiger partial charge in [-0.3, -0.25) is 0 Å². The van der Waals surface area contributed by atoms with Gasteiger partial charge in [0.2, 0.25) is 0 Å². The monoisotopic (exact) mass is 333 g/mol. The smallest absolute Gasteiger partial charge is 0.340 e. The van der Waals surface area contributed by atoms with Gasteiger partial charge in [-0.2, -0.15) is 0 Å². The molecule has 0 spiro atoms. The van der Waals surface area contributed by atoms with Crippen LogP contribution in [0.1, 0.15) is 45.6 Å². The number of nitrogens with zero attached hydrogens (tertiary/aromatic N) is 1. The molecule has 0 radical (unpaired) electrons. The van der Waals surface area contributed by atoms with Gasteiger partial charge in [-0.25, -0.2) is 9.78 Å². The van der Waals surface area contributed by atoms with Crippen LogP contribution in [0, 0.1) is 13.8 Å². The van der Waals surface area contributed by atoms with Crippen molar-refractivity contribution in [2.24, 2.45) is 0 Å². The molecule has 1 aliphatic carbocycles. The molecule has 1 fully saturated rings. The zero-order valence-corrected chi connectivity index (χ0v) is 14.2. The van der Waals surface area contributed by atoms with Crippen LogP contribution in [0.4, 0.5) is 0 Å². The number of hydrogen-bond donors (Lipinski definition) is 2. The molecule has 1 aromatic heterocycles. The highest BCUT2D eigenvalue weighted by atomic mass is 16.4. The number of rotatable bonds is 3. The third-order valence-corrected chi connectivity index (χ3v) is 5.40. The second-order valence-corrected chi connectivity index (χ2v) is 6.84. The first-order valence-corrected chi connectivity index (χ1v) is 8.38. The Balaban J connectivity index is 2.07. The van der Waals surface area contributed by atoms with Crippen LogP contribution in [0.15, 0.2) is 42.5 Å². The minimum absolute atomic E-state index is 0.0506. The predicted octanol–water partition coefficient (Wildman–Crippen LogP) is 4.34. The van der Waals surface area contributed by atoms with Crippen LogP contribution in [0.3, 0.4) is 0 Å². The lowest BCUT2D eigenvalue weighted by atomic mass is 9.89. The second kappa shape index (κ2) is 5.31. The number of carboxylic acid groups (broad SMARTS) is 1. The molecule has 25 heavy (non-hydrogen) atoms. The highest BCUT2D eigenvalue weighted by Gasteiger charge is 2.49. The number of aromatic nitrogens is 1. The normalized spacial score (nSPS) is 15.3. The van der Waals surface area contributed by atoms with Crippen molar-refractivity contribution >= 4 is 16.9 Å². The lowest BCUT2D eigenvalue weighted by molar-refractivity contribution is 0.0695. The van der Waals surface area contributed by atoms with E-state index < -0.39 is 5.97 Å². The lowest BCUT2D eigenvalue weighted by Crippen LogP contribution is -2.14. The Bertz CT molecular complexity index is 1000. The SMILES string of the molecule is Cc1ccc2c(C(=O)O)c(O)c(C3(c4ccccc4)CC3)nc2c1C. The first kappa shape index (κ1) is 15.6. The Morgan fingerprint density at radius 1 is 1.08 bits per heavy atom. The van der Waals surface area contributed by atoms with Crippen molar-refractivity contribution in [3.63, 3.8) is 0 Å². The van der Waals surface area contributed by atoms with Gasteiger partial charge in [0, 0.05) is 10.8 Å². The van der Waals surface area contributed by atoms with Gasteiger partial charge in [0.15, 0.2) is 5.75 Å². The Morgan fingerprint density at radius 3 is 2.36 bits per heavy atom. The van der Waals surface area contributed by atoms with Crippen molar-refractivity contribution in [2.45, 2.75) is 32.1 Å². The molecule has 126 valence electrons. The fraction of sp³-hybridized carbons (Fsp3) is 0.238. The molecule has 2 N–H and O–H groups in total. The number of hydrogen-bond acceptors (Lipinski definition) is 3. The molecule has 4 rings (SSSR count). The average molecular weight is 333 g/mol. The highest BCUT2D eigenvalue weighted by molar-refractivity contribution is 6.06. The molecule has 0 amide bonds.